The van der Waals surface area contributed by atoms with Gasteiger partial charge in [0.2, 0.25) is 5.91 Å². The predicted molar refractivity (Wildman–Crippen MR) is 96.0 cm³/mol. The van der Waals surface area contributed by atoms with E-state index < -0.39 is 6.10 Å². The maximum atomic E-state index is 12.6. The topological polar surface area (TPSA) is 58.6 Å². The van der Waals surface area contributed by atoms with Crippen molar-refractivity contribution < 1.29 is 14.3 Å². The fourth-order valence-corrected chi connectivity index (χ4v) is 2.88. The van der Waals surface area contributed by atoms with E-state index in [-0.39, 0.29) is 18.2 Å². The van der Waals surface area contributed by atoms with Crippen molar-refractivity contribution in [2.45, 2.75) is 26.0 Å². The molecular formula is C20H22N2O3. The van der Waals surface area contributed by atoms with Crippen LogP contribution in [0.5, 0.6) is 0 Å². The molecule has 1 atom stereocenters. The Morgan fingerprint density at radius 2 is 1.88 bits per heavy atom. The van der Waals surface area contributed by atoms with Crippen molar-refractivity contribution in [3.05, 3.63) is 65.7 Å². The SMILES string of the molecule is Cc1ccccc1NC(=O)CC1OCCN(Cc2ccccc2)C1=O. The minimum absolute atomic E-state index is 0.0262. The Balaban J connectivity index is 1.59. The Morgan fingerprint density at radius 3 is 2.64 bits per heavy atom. The molecule has 0 aromatic heterocycles. The number of carbonyl (C=O) groups is 2. The molecule has 0 spiro atoms. The van der Waals surface area contributed by atoms with E-state index in [1.807, 2.05) is 61.5 Å². The summed E-state index contributed by atoms with van der Waals surface area (Å²) in [5.74, 6) is -0.343. The summed E-state index contributed by atoms with van der Waals surface area (Å²) in [6.45, 7) is 3.46. The monoisotopic (exact) mass is 338 g/mol. The second-order valence-electron chi connectivity index (χ2n) is 6.17. The number of aryl methyl sites for hydroxylation is 1. The van der Waals surface area contributed by atoms with Crippen LogP contribution in [0.4, 0.5) is 5.69 Å². The number of ether oxygens (including phenoxy) is 1. The molecule has 5 nitrogen and oxygen atoms in total. The average molecular weight is 338 g/mol. The van der Waals surface area contributed by atoms with Gasteiger partial charge in [0.25, 0.3) is 5.91 Å². The maximum Gasteiger partial charge on any atom is 0.252 e. The number of carbonyl (C=O) groups excluding carboxylic acids is 2. The van der Waals surface area contributed by atoms with Crippen molar-refractivity contribution in [1.29, 1.82) is 0 Å². The van der Waals surface area contributed by atoms with Crippen LogP contribution >= 0.6 is 0 Å². The van der Waals surface area contributed by atoms with Crippen LogP contribution in [0.2, 0.25) is 0 Å². The van der Waals surface area contributed by atoms with Crippen LogP contribution in [0.15, 0.2) is 54.6 Å². The molecule has 3 rings (SSSR count). The number of amides is 2. The normalized spacial score (nSPS) is 17.4. The van der Waals surface area contributed by atoms with Crippen LogP contribution in [0.1, 0.15) is 17.5 Å². The Labute approximate surface area is 147 Å². The van der Waals surface area contributed by atoms with Crippen molar-refractivity contribution in [2.75, 3.05) is 18.5 Å². The molecule has 2 aromatic rings. The maximum absolute atomic E-state index is 12.6. The van der Waals surface area contributed by atoms with Crippen LogP contribution in [0.25, 0.3) is 0 Å². The number of nitrogens with zero attached hydrogens (tertiary/aromatic N) is 1. The number of hydrogen-bond acceptors (Lipinski definition) is 3. The number of hydrogen-bond donors (Lipinski definition) is 1. The highest BCUT2D eigenvalue weighted by molar-refractivity contribution is 5.95. The van der Waals surface area contributed by atoms with E-state index in [9.17, 15) is 9.59 Å². The van der Waals surface area contributed by atoms with E-state index in [4.69, 9.17) is 4.74 Å². The number of anilines is 1. The molecule has 1 fully saturated rings. The Hall–Kier alpha value is -2.66. The molecule has 0 radical (unpaired) electrons. The third-order valence-corrected chi connectivity index (χ3v) is 4.27. The second kappa shape index (κ2) is 7.94. The minimum atomic E-state index is -0.721. The molecule has 1 saturated heterocycles. The van der Waals surface area contributed by atoms with E-state index in [0.29, 0.717) is 19.7 Å². The van der Waals surface area contributed by atoms with Crippen LogP contribution < -0.4 is 5.32 Å². The summed E-state index contributed by atoms with van der Waals surface area (Å²) in [4.78, 5) is 26.6. The molecule has 1 aliphatic heterocycles. The molecule has 2 amide bonds. The van der Waals surface area contributed by atoms with Crippen LogP contribution in [0.3, 0.4) is 0 Å². The zero-order valence-corrected chi connectivity index (χ0v) is 14.3. The molecule has 1 N–H and O–H groups in total. The molecule has 130 valence electrons. The van der Waals surface area contributed by atoms with Crippen LogP contribution in [-0.2, 0) is 20.9 Å². The fraction of sp³-hybridized carbons (Fsp3) is 0.300. The summed E-state index contributed by atoms with van der Waals surface area (Å²) < 4.78 is 5.54. The smallest absolute Gasteiger partial charge is 0.252 e. The molecular weight excluding hydrogens is 316 g/mol. The summed E-state index contributed by atoms with van der Waals surface area (Å²) in [7, 11) is 0. The van der Waals surface area contributed by atoms with Gasteiger partial charge in [-0.25, -0.2) is 0 Å². The fourth-order valence-electron chi connectivity index (χ4n) is 2.88. The summed E-state index contributed by atoms with van der Waals surface area (Å²) in [5, 5.41) is 2.85. The van der Waals surface area contributed by atoms with Crippen LogP contribution in [-0.4, -0.2) is 36.0 Å². The highest BCUT2D eigenvalue weighted by atomic mass is 16.5. The Kier molecular flexibility index (Phi) is 5.46. The van der Waals surface area contributed by atoms with Gasteiger partial charge in [0.05, 0.1) is 13.0 Å². The van der Waals surface area contributed by atoms with Gasteiger partial charge < -0.3 is 15.0 Å². The Morgan fingerprint density at radius 1 is 1.16 bits per heavy atom. The van der Waals surface area contributed by atoms with E-state index in [1.165, 1.54) is 0 Å². The van der Waals surface area contributed by atoms with Crippen LogP contribution in [0, 0.1) is 6.92 Å². The summed E-state index contributed by atoms with van der Waals surface area (Å²) in [5.41, 5.74) is 2.82. The first-order chi connectivity index (χ1) is 12.1. The van der Waals surface area contributed by atoms with Gasteiger partial charge in [-0.05, 0) is 24.1 Å². The van der Waals surface area contributed by atoms with Crippen molar-refractivity contribution in [2.24, 2.45) is 0 Å². The van der Waals surface area contributed by atoms with E-state index in [2.05, 4.69) is 5.32 Å². The lowest BCUT2D eigenvalue weighted by Crippen LogP contribution is -2.48. The molecule has 0 bridgehead atoms. The van der Waals surface area contributed by atoms with Gasteiger partial charge in [-0.1, -0.05) is 48.5 Å². The zero-order chi connectivity index (χ0) is 17.6. The van der Waals surface area contributed by atoms with Gasteiger partial charge in [-0.2, -0.15) is 0 Å². The highest BCUT2D eigenvalue weighted by Gasteiger charge is 2.31. The standard InChI is InChI=1S/C20H22N2O3/c1-15-7-5-6-10-17(15)21-19(23)13-18-20(24)22(11-12-25-18)14-16-8-3-2-4-9-16/h2-10,18H,11-14H2,1H3,(H,21,23). The number of rotatable bonds is 5. The summed E-state index contributed by atoms with van der Waals surface area (Å²) in [6.07, 6.45) is -0.695. The molecule has 1 unspecified atom stereocenters. The summed E-state index contributed by atoms with van der Waals surface area (Å²) in [6, 6.07) is 17.4. The van der Waals surface area contributed by atoms with Crippen molar-refractivity contribution in [1.82, 2.24) is 4.90 Å². The molecule has 0 aliphatic carbocycles. The van der Waals surface area contributed by atoms with Crippen molar-refractivity contribution in [3.63, 3.8) is 0 Å². The number of benzene rings is 2. The van der Waals surface area contributed by atoms with Gasteiger partial charge in [0.1, 0.15) is 6.10 Å². The van der Waals surface area contributed by atoms with E-state index in [0.717, 1.165) is 16.8 Å². The van der Waals surface area contributed by atoms with Crippen molar-refractivity contribution in [3.8, 4) is 0 Å². The van der Waals surface area contributed by atoms with E-state index >= 15 is 0 Å². The van der Waals surface area contributed by atoms with Gasteiger partial charge in [0, 0.05) is 18.8 Å². The lowest BCUT2D eigenvalue weighted by Gasteiger charge is -2.32. The number of para-hydroxylation sites is 1. The molecule has 2 aromatic carbocycles. The third kappa shape index (κ3) is 4.45. The first-order valence-corrected chi connectivity index (χ1v) is 8.43. The lowest BCUT2D eigenvalue weighted by molar-refractivity contribution is -0.155. The minimum Gasteiger partial charge on any atom is -0.366 e. The van der Waals surface area contributed by atoms with E-state index in [1.54, 1.807) is 4.90 Å². The molecule has 0 saturated carbocycles. The lowest BCUT2D eigenvalue weighted by atomic mass is 10.1. The summed E-state index contributed by atoms with van der Waals surface area (Å²) >= 11 is 0. The highest BCUT2D eigenvalue weighted by Crippen LogP contribution is 2.17. The predicted octanol–water partition coefficient (Wildman–Crippen LogP) is 2.75. The molecule has 1 aliphatic rings. The third-order valence-electron chi connectivity index (χ3n) is 4.27. The largest absolute Gasteiger partial charge is 0.366 e. The molecule has 5 heteroatoms. The molecule has 25 heavy (non-hydrogen) atoms. The van der Waals surface area contributed by atoms with Gasteiger partial charge in [-0.15, -0.1) is 0 Å². The average Bonchev–Trinajstić information content (AvgIpc) is 2.61. The van der Waals surface area contributed by atoms with Gasteiger partial charge >= 0.3 is 0 Å². The first kappa shape index (κ1) is 17.2. The zero-order valence-electron chi connectivity index (χ0n) is 14.3. The second-order valence-corrected chi connectivity index (χ2v) is 6.17. The van der Waals surface area contributed by atoms with Crippen molar-refractivity contribution >= 4 is 17.5 Å². The first-order valence-electron chi connectivity index (χ1n) is 8.43. The molecule has 1 heterocycles. The van der Waals surface area contributed by atoms with Gasteiger partial charge in [-0.3, -0.25) is 9.59 Å². The Bertz CT molecular complexity index is 746. The number of nitrogens with one attached hydrogen (secondary N) is 1. The number of morpholine rings is 1. The van der Waals surface area contributed by atoms with Gasteiger partial charge in [0.15, 0.2) is 0 Å². The quantitative estimate of drug-likeness (QED) is 0.912.